The van der Waals surface area contributed by atoms with Gasteiger partial charge in [0.05, 0.1) is 0 Å². The molecule has 0 atom stereocenters. The molecule has 1 aromatic rings. The van der Waals surface area contributed by atoms with Crippen LogP contribution in [0.25, 0.3) is 0 Å². The minimum atomic E-state index is 0.829. The zero-order chi connectivity index (χ0) is 9.98. The lowest BCUT2D eigenvalue weighted by molar-refractivity contribution is -0.0979. The van der Waals surface area contributed by atoms with Crippen molar-refractivity contribution in [2.75, 3.05) is 7.11 Å². The first-order valence-corrected chi connectivity index (χ1v) is 3.35. The molecule has 0 fully saturated rings. The van der Waals surface area contributed by atoms with Crippen LogP contribution in [0.3, 0.4) is 0 Å². The molecule has 1 aromatic carbocycles. The third-order valence-electron chi connectivity index (χ3n) is 1.08. The second kappa shape index (κ2) is 9.91. The van der Waals surface area contributed by atoms with Crippen LogP contribution in [0.5, 0.6) is 0 Å². The highest BCUT2D eigenvalue weighted by atomic mass is 16.2. The third-order valence-corrected chi connectivity index (χ3v) is 1.08. The first-order valence-electron chi connectivity index (χ1n) is 3.35. The van der Waals surface area contributed by atoms with E-state index in [1.54, 1.807) is 0 Å². The number of aliphatic hydroxyl groups excluding tert-OH is 1. The molecule has 12 heavy (non-hydrogen) atoms. The Labute approximate surface area is 74.6 Å². The van der Waals surface area contributed by atoms with Gasteiger partial charge in [-0.05, 0) is 6.92 Å². The quantitative estimate of drug-likeness (QED) is 0.556. The summed E-state index contributed by atoms with van der Waals surface area (Å²) in [6, 6.07) is 7.79. The lowest BCUT2D eigenvalue weighted by Gasteiger charge is -1.90. The fourth-order valence-corrected chi connectivity index (χ4v) is 0.566. The van der Waals surface area contributed by atoms with Gasteiger partial charge < -0.3 is 9.90 Å². The summed E-state index contributed by atoms with van der Waals surface area (Å²) < 4.78 is 0. The van der Waals surface area contributed by atoms with Crippen molar-refractivity contribution in [3.05, 3.63) is 29.8 Å². The van der Waals surface area contributed by atoms with Crippen LogP contribution in [-0.4, -0.2) is 26.9 Å². The minimum Gasteiger partial charge on any atom is -0.400 e. The van der Waals surface area contributed by atoms with E-state index in [0.29, 0.717) is 0 Å². The van der Waals surface area contributed by atoms with Crippen LogP contribution in [0.2, 0.25) is 0 Å². The molecule has 0 aromatic heterocycles. The number of rotatable bonds is 0. The molecule has 0 unspecified atom stereocenters. The van der Waals surface area contributed by atoms with Gasteiger partial charge in [0.2, 0.25) is 0 Å². The van der Waals surface area contributed by atoms with Gasteiger partial charge in [-0.2, -0.15) is 0 Å². The largest absolute Gasteiger partial charge is 0.400 e. The molecule has 1 N–H and O–H groups in total. The second-order valence-electron chi connectivity index (χ2n) is 1.91. The van der Waals surface area contributed by atoms with Gasteiger partial charge in [-0.15, -0.1) is 0 Å². The molecule has 2 radical (unpaired) electrons. The molecule has 64 valence electrons. The van der Waals surface area contributed by atoms with Crippen molar-refractivity contribution in [2.45, 2.75) is 6.92 Å². The van der Waals surface area contributed by atoms with E-state index >= 15 is 0 Å². The van der Waals surface area contributed by atoms with E-state index in [-0.39, 0.29) is 0 Å². The predicted octanol–water partition coefficient (Wildman–Crippen LogP) is 0.212. The molecule has 0 spiro atoms. The molecule has 0 heterocycles. The zero-order valence-electron chi connectivity index (χ0n) is 7.45. The summed E-state index contributed by atoms with van der Waals surface area (Å²) in [5.41, 5.74) is 2.08. The van der Waals surface area contributed by atoms with Crippen LogP contribution in [-0.2, 0) is 4.79 Å². The zero-order valence-corrected chi connectivity index (χ0v) is 7.45. The lowest BCUT2D eigenvalue weighted by atomic mass is 9.96. The standard InChI is InChI=1S/C7H7B.CH4O.CH2O/c1-6-2-4-7(8)5-3-6;2*1-2/h2-5H,1H3;2H,1H3;1H2. The maximum atomic E-state index is 8.00. The number of hydrogen-bond donors (Lipinski definition) is 1. The molecular weight excluding hydrogens is 151 g/mol. The Morgan fingerprint density at radius 3 is 1.75 bits per heavy atom. The van der Waals surface area contributed by atoms with Crippen molar-refractivity contribution >= 4 is 20.1 Å². The minimum absolute atomic E-state index is 0.829. The molecule has 0 aliphatic carbocycles. The highest BCUT2D eigenvalue weighted by Gasteiger charge is 1.79. The van der Waals surface area contributed by atoms with Crippen LogP contribution >= 0.6 is 0 Å². The maximum Gasteiger partial charge on any atom is 0.113 e. The SMILES string of the molecule is C=O.CO.[B]c1ccc(C)cc1. The van der Waals surface area contributed by atoms with Crippen molar-refractivity contribution in [2.24, 2.45) is 0 Å². The van der Waals surface area contributed by atoms with Gasteiger partial charge in [-0.1, -0.05) is 35.3 Å². The Balaban J connectivity index is 0. The Morgan fingerprint density at radius 2 is 1.50 bits per heavy atom. The Hall–Kier alpha value is -1.09. The Kier molecular flexibility index (Phi) is 11.2. The van der Waals surface area contributed by atoms with E-state index in [4.69, 9.17) is 17.7 Å². The van der Waals surface area contributed by atoms with E-state index in [1.165, 1.54) is 5.56 Å². The summed E-state index contributed by atoms with van der Waals surface area (Å²) in [6.45, 7) is 4.04. The Bertz CT molecular complexity index is 163. The van der Waals surface area contributed by atoms with Crippen LogP contribution < -0.4 is 5.46 Å². The number of carbonyl (C=O) groups excluding carboxylic acids is 1. The van der Waals surface area contributed by atoms with Crippen LogP contribution in [0.1, 0.15) is 5.56 Å². The smallest absolute Gasteiger partial charge is 0.113 e. The average Bonchev–Trinajstić information content (AvgIpc) is 2.17. The van der Waals surface area contributed by atoms with Gasteiger partial charge in [0, 0.05) is 7.11 Å². The molecule has 2 nitrogen and oxygen atoms in total. The number of hydrogen-bond acceptors (Lipinski definition) is 2. The summed E-state index contributed by atoms with van der Waals surface area (Å²) in [6.07, 6.45) is 0. The van der Waals surface area contributed by atoms with Gasteiger partial charge in [0.15, 0.2) is 0 Å². The molecule has 0 saturated carbocycles. The molecule has 0 aliphatic rings. The van der Waals surface area contributed by atoms with Gasteiger partial charge in [0.1, 0.15) is 14.6 Å². The summed E-state index contributed by atoms with van der Waals surface area (Å²) in [7, 11) is 6.43. The average molecular weight is 164 g/mol. The first-order chi connectivity index (χ1) is 5.79. The second-order valence-corrected chi connectivity index (χ2v) is 1.91. The van der Waals surface area contributed by atoms with E-state index in [0.717, 1.165) is 12.6 Å². The van der Waals surface area contributed by atoms with E-state index < -0.39 is 0 Å². The molecular formula is C9H13BO2. The van der Waals surface area contributed by atoms with Gasteiger partial charge in [0.25, 0.3) is 0 Å². The fourth-order valence-electron chi connectivity index (χ4n) is 0.566. The number of benzene rings is 1. The lowest BCUT2D eigenvalue weighted by Crippen LogP contribution is -1.98. The molecule has 1 rings (SSSR count). The summed E-state index contributed by atoms with van der Waals surface area (Å²) in [5.74, 6) is 0. The van der Waals surface area contributed by atoms with Gasteiger partial charge >= 0.3 is 0 Å². The van der Waals surface area contributed by atoms with Crippen molar-refractivity contribution in [3.8, 4) is 0 Å². The number of aliphatic hydroxyl groups is 1. The highest BCUT2D eigenvalue weighted by Crippen LogP contribution is 1.90. The van der Waals surface area contributed by atoms with Crippen LogP contribution in [0.4, 0.5) is 0 Å². The van der Waals surface area contributed by atoms with Gasteiger partial charge in [-0.25, -0.2) is 0 Å². The fraction of sp³-hybridized carbons (Fsp3) is 0.222. The van der Waals surface area contributed by atoms with Crippen molar-refractivity contribution < 1.29 is 9.90 Å². The van der Waals surface area contributed by atoms with Crippen molar-refractivity contribution in [1.82, 2.24) is 0 Å². The Morgan fingerprint density at radius 1 is 1.17 bits per heavy atom. The van der Waals surface area contributed by atoms with Crippen molar-refractivity contribution in [3.63, 3.8) is 0 Å². The molecule has 3 heteroatoms. The van der Waals surface area contributed by atoms with Crippen LogP contribution in [0.15, 0.2) is 24.3 Å². The summed E-state index contributed by atoms with van der Waals surface area (Å²) in [4.78, 5) is 8.00. The molecule has 0 bridgehead atoms. The van der Waals surface area contributed by atoms with Crippen LogP contribution in [0, 0.1) is 6.92 Å². The summed E-state index contributed by atoms with van der Waals surface area (Å²) in [5, 5.41) is 7.00. The number of aryl methyl sites for hydroxylation is 1. The molecule has 0 saturated heterocycles. The first kappa shape index (κ1) is 13.5. The monoisotopic (exact) mass is 164 g/mol. The third kappa shape index (κ3) is 7.03. The van der Waals surface area contributed by atoms with Gasteiger partial charge in [-0.3, -0.25) is 0 Å². The van der Waals surface area contributed by atoms with E-state index in [9.17, 15) is 0 Å². The molecule has 0 aliphatic heterocycles. The number of carbonyl (C=O) groups is 1. The summed E-state index contributed by atoms with van der Waals surface area (Å²) >= 11 is 0. The highest BCUT2D eigenvalue weighted by molar-refractivity contribution is 6.32. The van der Waals surface area contributed by atoms with E-state index in [2.05, 4.69) is 0 Å². The van der Waals surface area contributed by atoms with Crippen molar-refractivity contribution in [1.29, 1.82) is 0 Å². The normalized spacial score (nSPS) is 6.92. The van der Waals surface area contributed by atoms with E-state index in [1.807, 2.05) is 38.0 Å². The predicted molar refractivity (Wildman–Crippen MR) is 51.8 cm³/mol. The topological polar surface area (TPSA) is 37.3 Å². The maximum absolute atomic E-state index is 8.00. The molecule has 0 amide bonds.